The second-order valence-electron chi connectivity index (χ2n) is 5.38. The highest BCUT2D eigenvalue weighted by Gasteiger charge is 2.43. The first kappa shape index (κ1) is 13.7. The first-order valence-corrected chi connectivity index (χ1v) is 7.08. The van der Waals surface area contributed by atoms with E-state index in [4.69, 9.17) is 4.74 Å². The fraction of sp³-hybridized carbons (Fsp3) is 0.278. The molecule has 21 heavy (non-hydrogen) atoms. The van der Waals surface area contributed by atoms with Crippen LogP contribution in [0.25, 0.3) is 0 Å². The minimum absolute atomic E-state index is 0.747. The van der Waals surface area contributed by atoms with Crippen molar-refractivity contribution < 1.29 is 4.74 Å². The Hall–Kier alpha value is -2.31. The van der Waals surface area contributed by atoms with Crippen molar-refractivity contribution >= 4 is 0 Å². The number of methoxy groups -OCH3 is 1. The lowest BCUT2D eigenvalue weighted by atomic mass is 9.77. The van der Waals surface area contributed by atoms with Crippen LogP contribution in [0.2, 0.25) is 0 Å². The SMILES string of the molecule is COc1ccc2c(c1)C(C#N)(c1ccccc1)N(C)CC2. The third kappa shape index (κ3) is 2.00. The summed E-state index contributed by atoms with van der Waals surface area (Å²) in [5, 5.41) is 10.0. The molecule has 3 heteroatoms. The molecular weight excluding hydrogens is 260 g/mol. The largest absolute Gasteiger partial charge is 0.497 e. The van der Waals surface area contributed by atoms with Crippen LogP contribution >= 0.6 is 0 Å². The van der Waals surface area contributed by atoms with Crippen LogP contribution in [0.15, 0.2) is 48.5 Å². The molecule has 0 spiro atoms. The Morgan fingerprint density at radius 1 is 1.19 bits per heavy atom. The van der Waals surface area contributed by atoms with Crippen molar-refractivity contribution in [1.29, 1.82) is 5.26 Å². The summed E-state index contributed by atoms with van der Waals surface area (Å²) in [5.41, 5.74) is 2.51. The number of likely N-dealkylation sites (N-methyl/N-ethyl adjacent to an activating group) is 1. The zero-order valence-corrected chi connectivity index (χ0v) is 12.3. The van der Waals surface area contributed by atoms with Gasteiger partial charge in [-0.3, -0.25) is 4.90 Å². The van der Waals surface area contributed by atoms with Gasteiger partial charge in [0.1, 0.15) is 5.75 Å². The number of fused-ring (bicyclic) bond motifs is 1. The molecule has 0 bridgehead atoms. The smallest absolute Gasteiger partial charge is 0.160 e. The van der Waals surface area contributed by atoms with Gasteiger partial charge < -0.3 is 4.74 Å². The Bertz CT molecular complexity index is 690. The minimum Gasteiger partial charge on any atom is -0.497 e. The molecule has 3 nitrogen and oxygen atoms in total. The average molecular weight is 278 g/mol. The summed E-state index contributed by atoms with van der Waals surface area (Å²) in [4.78, 5) is 2.13. The maximum Gasteiger partial charge on any atom is 0.160 e. The molecule has 0 amide bonds. The molecule has 0 fully saturated rings. The van der Waals surface area contributed by atoms with Crippen LogP contribution in [0.1, 0.15) is 16.7 Å². The van der Waals surface area contributed by atoms with Crippen molar-refractivity contribution in [3.8, 4) is 11.8 Å². The molecule has 0 saturated carbocycles. The van der Waals surface area contributed by atoms with E-state index in [9.17, 15) is 5.26 Å². The van der Waals surface area contributed by atoms with Crippen molar-refractivity contribution in [2.24, 2.45) is 0 Å². The van der Waals surface area contributed by atoms with E-state index in [0.29, 0.717) is 0 Å². The third-order valence-corrected chi connectivity index (χ3v) is 4.35. The number of hydrogen-bond acceptors (Lipinski definition) is 3. The van der Waals surface area contributed by atoms with Gasteiger partial charge in [0.25, 0.3) is 0 Å². The molecule has 3 rings (SSSR count). The molecule has 1 aliphatic heterocycles. The first-order valence-electron chi connectivity index (χ1n) is 7.08. The molecule has 1 unspecified atom stereocenters. The van der Waals surface area contributed by atoms with Crippen LogP contribution in [0.3, 0.4) is 0 Å². The van der Waals surface area contributed by atoms with Crippen molar-refractivity contribution in [3.63, 3.8) is 0 Å². The predicted molar refractivity (Wildman–Crippen MR) is 82.2 cm³/mol. The van der Waals surface area contributed by atoms with Crippen LogP contribution < -0.4 is 4.74 Å². The van der Waals surface area contributed by atoms with Gasteiger partial charge in [0.2, 0.25) is 0 Å². The van der Waals surface area contributed by atoms with Crippen molar-refractivity contribution in [1.82, 2.24) is 4.90 Å². The monoisotopic (exact) mass is 278 g/mol. The fourth-order valence-electron chi connectivity index (χ4n) is 3.16. The lowest BCUT2D eigenvalue weighted by Gasteiger charge is -2.42. The van der Waals surface area contributed by atoms with E-state index in [1.165, 1.54) is 5.56 Å². The maximum absolute atomic E-state index is 10.0. The molecular formula is C18H18N2O. The van der Waals surface area contributed by atoms with Gasteiger partial charge in [-0.1, -0.05) is 36.4 Å². The molecule has 0 N–H and O–H groups in total. The number of hydrogen-bond donors (Lipinski definition) is 0. The van der Waals surface area contributed by atoms with Crippen LogP contribution in [-0.4, -0.2) is 25.6 Å². The van der Waals surface area contributed by atoms with E-state index in [2.05, 4.69) is 17.0 Å². The van der Waals surface area contributed by atoms with E-state index >= 15 is 0 Å². The summed E-state index contributed by atoms with van der Waals surface area (Å²) in [6.45, 7) is 0.863. The Labute approximate surface area is 125 Å². The highest BCUT2D eigenvalue weighted by atomic mass is 16.5. The number of nitrogens with zero attached hydrogens (tertiary/aromatic N) is 2. The van der Waals surface area contributed by atoms with E-state index < -0.39 is 5.54 Å². The van der Waals surface area contributed by atoms with Gasteiger partial charge in [0.15, 0.2) is 5.54 Å². The zero-order chi connectivity index (χ0) is 14.9. The quantitative estimate of drug-likeness (QED) is 0.847. The molecule has 0 aliphatic carbocycles. The van der Waals surface area contributed by atoms with E-state index in [1.807, 2.05) is 49.5 Å². The summed E-state index contributed by atoms with van der Waals surface area (Å²) in [7, 11) is 3.67. The van der Waals surface area contributed by atoms with Gasteiger partial charge in [-0.15, -0.1) is 0 Å². The number of benzene rings is 2. The number of nitriles is 1. The summed E-state index contributed by atoms with van der Waals surface area (Å²) in [6.07, 6.45) is 0.950. The summed E-state index contributed by atoms with van der Waals surface area (Å²) >= 11 is 0. The van der Waals surface area contributed by atoms with Crippen LogP contribution in [0.5, 0.6) is 5.75 Å². The lowest BCUT2D eigenvalue weighted by Crippen LogP contribution is -2.48. The fourth-order valence-corrected chi connectivity index (χ4v) is 3.16. The van der Waals surface area contributed by atoms with E-state index in [1.54, 1.807) is 7.11 Å². The van der Waals surface area contributed by atoms with Crippen molar-refractivity contribution in [2.75, 3.05) is 20.7 Å². The van der Waals surface area contributed by atoms with Crippen LogP contribution in [0.4, 0.5) is 0 Å². The molecule has 1 heterocycles. The van der Waals surface area contributed by atoms with Gasteiger partial charge in [-0.05, 0) is 42.3 Å². The zero-order valence-electron chi connectivity index (χ0n) is 12.3. The highest BCUT2D eigenvalue weighted by molar-refractivity contribution is 5.52. The first-order chi connectivity index (χ1) is 10.2. The van der Waals surface area contributed by atoms with Crippen molar-refractivity contribution in [3.05, 3.63) is 65.2 Å². The Morgan fingerprint density at radius 2 is 1.95 bits per heavy atom. The molecule has 1 atom stereocenters. The predicted octanol–water partition coefficient (Wildman–Crippen LogP) is 2.95. The number of ether oxygens (including phenoxy) is 1. The molecule has 0 saturated heterocycles. The van der Waals surface area contributed by atoms with Gasteiger partial charge >= 0.3 is 0 Å². The second-order valence-corrected chi connectivity index (χ2v) is 5.38. The van der Waals surface area contributed by atoms with Crippen molar-refractivity contribution in [2.45, 2.75) is 12.0 Å². The second kappa shape index (κ2) is 5.23. The highest BCUT2D eigenvalue weighted by Crippen LogP contribution is 2.41. The average Bonchev–Trinajstić information content (AvgIpc) is 2.55. The normalized spacial score (nSPS) is 21.4. The van der Waals surface area contributed by atoms with Gasteiger partial charge in [0.05, 0.1) is 13.2 Å². The van der Waals surface area contributed by atoms with Crippen LogP contribution in [-0.2, 0) is 12.0 Å². The lowest BCUT2D eigenvalue weighted by molar-refractivity contribution is 0.200. The van der Waals surface area contributed by atoms with Gasteiger partial charge in [-0.2, -0.15) is 5.26 Å². The topological polar surface area (TPSA) is 36.3 Å². The Balaban J connectivity index is 2.28. The molecule has 1 aliphatic rings. The molecule has 106 valence electrons. The summed E-state index contributed by atoms with van der Waals surface area (Å²) in [6, 6.07) is 18.6. The van der Waals surface area contributed by atoms with Gasteiger partial charge in [-0.25, -0.2) is 0 Å². The molecule has 2 aromatic rings. The summed E-state index contributed by atoms with van der Waals surface area (Å²) < 4.78 is 5.36. The van der Waals surface area contributed by atoms with Crippen LogP contribution in [0, 0.1) is 11.3 Å². The maximum atomic E-state index is 10.0. The third-order valence-electron chi connectivity index (χ3n) is 4.35. The minimum atomic E-state index is -0.747. The molecule has 2 aromatic carbocycles. The standard InChI is InChI=1S/C18H18N2O/c1-20-11-10-14-8-9-16(21-2)12-17(14)18(20,13-19)15-6-4-3-5-7-15/h3-9,12H,10-11H2,1-2H3. The van der Waals surface area contributed by atoms with Gasteiger partial charge in [0, 0.05) is 6.54 Å². The molecule has 0 radical (unpaired) electrons. The van der Waals surface area contributed by atoms with E-state index in [-0.39, 0.29) is 0 Å². The Morgan fingerprint density at radius 3 is 2.62 bits per heavy atom. The molecule has 0 aromatic heterocycles. The summed E-state index contributed by atoms with van der Waals surface area (Å²) in [5.74, 6) is 0.791. The van der Waals surface area contributed by atoms with E-state index in [0.717, 1.165) is 29.8 Å². The number of rotatable bonds is 2. The Kier molecular flexibility index (Phi) is 3.40.